The molecule has 0 atom stereocenters. The van der Waals surface area contributed by atoms with E-state index in [9.17, 15) is 0 Å². The fourth-order valence-corrected chi connectivity index (χ4v) is 2.19. The Balaban J connectivity index is 2.20. The molecule has 0 spiro atoms. The highest BCUT2D eigenvalue weighted by atomic mass is 32.1. The fraction of sp³-hybridized carbons (Fsp3) is 0.250. The minimum Gasteiger partial charge on any atom is -0.396 e. The number of aliphatic hydroxyl groups is 1. The van der Waals surface area contributed by atoms with Crippen LogP contribution in [0.5, 0.6) is 0 Å². The number of nitrogens with two attached hydrogens (primary N) is 1. The lowest BCUT2D eigenvalue weighted by Crippen LogP contribution is -1.94. The first kappa shape index (κ1) is 11.3. The monoisotopic (exact) mass is 234 g/mol. The zero-order valence-corrected chi connectivity index (χ0v) is 9.70. The number of thiazole rings is 1. The molecule has 0 aliphatic carbocycles. The van der Waals surface area contributed by atoms with E-state index in [1.165, 1.54) is 0 Å². The van der Waals surface area contributed by atoms with Gasteiger partial charge < -0.3 is 10.8 Å². The van der Waals surface area contributed by atoms with Gasteiger partial charge in [0.1, 0.15) is 5.01 Å². The van der Waals surface area contributed by atoms with Gasteiger partial charge in [0, 0.05) is 24.1 Å². The Morgan fingerprint density at radius 3 is 2.56 bits per heavy atom. The number of rotatable bonds is 4. The quantitative estimate of drug-likeness (QED) is 0.848. The van der Waals surface area contributed by atoms with Crippen molar-refractivity contribution in [1.29, 1.82) is 0 Å². The van der Waals surface area contributed by atoms with Crippen LogP contribution in [0.25, 0.3) is 11.3 Å². The molecule has 0 fully saturated rings. The second kappa shape index (κ2) is 5.21. The lowest BCUT2D eigenvalue weighted by atomic mass is 10.1. The van der Waals surface area contributed by atoms with Crippen LogP contribution in [0.1, 0.15) is 10.6 Å². The smallest absolute Gasteiger partial charge is 0.107 e. The van der Waals surface area contributed by atoms with Gasteiger partial charge in [-0.1, -0.05) is 24.3 Å². The van der Waals surface area contributed by atoms with Crippen molar-refractivity contribution in [3.05, 3.63) is 40.2 Å². The van der Waals surface area contributed by atoms with E-state index in [0.717, 1.165) is 21.8 Å². The number of hydrogen-bond donors (Lipinski definition) is 2. The Labute approximate surface area is 98.6 Å². The van der Waals surface area contributed by atoms with Crippen LogP contribution < -0.4 is 5.73 Å². The molecule has 84 valence electrons. The van der Waals surface area contributed by atoms with Gasteiger partial charge in [-0.15, -0.1) is 11.3 Å². The maximum Gasteiger partial charge on any atom is 0.107 e. The van der Waals surface area contributed by atoms with E-state index in [2.05, 4.69) is 4.98 Å². The minimum atomic E-state index is 0.188. The summed E-state index contributed by atoms with van der Waals surface area (Å²) in [5.41, 5.74) is 8.73. The van der Waals surface area contributed by atoms with E-state index in [1.807, 2.05) is 29.6 Å². The standard InChI is InChI=1S/C12H14N2OS/c13-7-12-14-11(8-16-12)10-3-1-9(2-4-10)5-6-15/h1-4,8,15H,5-7,13H2. The summed E-state index contributed by atoms with van der Waals surface area (Å²) in [4.78, 5) is 4.42. The van der Waals surface area contributed by atoms with Gasteiger partial charge >= 0.3 is 0 Å². The van der Waals surface area contributed by atoms with Crippen LogP contribution in [0, 0.1) is 0 Å². The zero-order valence-electron chi connectivity index (χ0n) is 8.89. The molecule has 0 saturated heterocycles. The highest BCUT2D eigenvalue weighted by Crippen LogP contribution is 2.22. The number of aliphatic hydroxyl groups excluding tert-OH is 1. The van der Waals surface area contributed by atoms with E-state index < -0.39 is 0 Å². The van der Waals surface area contributed by atoms with E-state index >= 15 is 0 Å². The van der Waals surface area contributed by atoms with Gasteiger partial charge in [0.25, 0.3) is 0 Å². The summed E-state index contributed by atoms with van der Waals surface area (Å²) in [6.07, 6.45) is 0.700. The van der Waals surface area contributed by atoms with Crippen molar-refractivity contribution < 1.29 is 5.11 Å². The summed E-state index contributed by atoms with van der Waals surface area (Å²) in [6.45, 7) is 0.681. The van der Waals surface area contributed by atoms with Gasteiger partial charge in [0.2, 0.25) is 0 Å². The topological polar surface area (TPSA) is 59.1 Å². The average Bonchev–Trinajstić information content (AvgIpc) is 2.79. The molecule has 1 heterocycles. The second-order valence-electron chi connectivity index (χ2n) is 3.50. The molecule has 3 N–H and O–H groups in total. The molecule has 1 aromatic heterocycles. The molecule has 0 amide bonds. The van der Waals surface area contributed by atoms with Crippen LogP contribution in [0.15, 0.2) is 29.6 Å². The van der Waals surface area contributed by atoms with E-state index in [-0.39, 0.29) is 6.61 Å². The van der Waals surface area contributed by atoms with Crippen LogP contribution in [-0.4, -0.2) is 16.7 Å². The molecule has 0 radical (unpaired) electrons. The molecule has 0 saturated carbocycles. The maximum absolute atomic E-state index is 8.82. The van der Waals surface area contributed by atoms with Crippen LogP contribution in [0.2, 0.25) is 0 Å². The predicted molar refractivity (Wildman–Crippen MR) is 66.2 cm³/mol. The van der Waals surface area contributed by atoms with Crippen LogP contribution in [-0.2, 0) is 13.0 Å². The van der Waals surface area contributed by atoms with Crippen molar-refractivity contribution in [1.82, 2.24) is 4.98 Å². The van der Waals surface area contributed by atoms with E-state index in [0.29, 0.717) is 13.0 Å². The summed E-state index contributed by atoms with van der Waals surface area (Å²) < 4.78 is 0. The predicted octanol–water partition coefficient (Wildman–Crippen LogP) is 1.80. The molecule has 0 aliphatic rings. The normalized spacial score (nSPS) is 10.6. The Bertz CT molecular complexity index is 450. The molecular formula is C12H14N2OS. The summed E-state index contributed by atoms with van der Waals surface area (Å²) in [5, 5.41) is 11.8. The van der Waals surface area contributed by atoms with E-state index in [1.54, 1.807) is 11.3 Å². The summed E-state index contributed by atoms with van der Waals surface area (Å²) in [5.74, 6) is 0. The number of hydrogen-bond acceptors (Lipinski definition) is 4. The lowest BCUT2D eigenvalue weighted by molar-refractivity contribution is 0.299. The van der Waals surface area contributed by atoms with Gasteiger partial charge in [-0.3, -0.25) is 0 Å². The molecule has 1 aromatic carbocycles. The SMILES string of the molecule is NCc1nc(-c2ccc(CCO)cc2)cs1. The Morgan fingerprint density at radius 2 is 2.00 bits per heavy atom. The first-order valence-corrected chi connectivity index (χ1v) is 6.06. The Morgan fingerprint density at radius 1 is 1.25 bits per heavy atom. The molecule has 2 aromatic rings. The largest absolute Gasteiger partial charge is 0.396 e. The van der Waals surface area contributed by atoms with Crippen molar-refractivity contribution in [2.45, 2.75) is 13.0 Å². The fourth-order valence-electron chi connectivity index (χ4n) is 1.51. The molecule has 16 heavy (non-hydrogen) atoms. The van der Waals surface area contributed by atoms with Crippen molar-refractivity contribution >= 4 is 11.3 Å². The molecule has 2 rings (SSSR count). The first-order chi connectivity index (χ1) is 7.83. The van der Waals surface area contributed by atoms with Crippen LogP contribution in [0.3, 0.4) is 0 Å². The second-order valence-corrected chi connectivity index (χ2v) is 4.44. The van der Waals surface area contributed by atoms with Crippen molar-refractivity contribution in [3.63, 3.8) is 0 Å². The molecule has 4 heteroatoms. The van der Waals surface area contributed by atoms with Gasteiger partial charge in [0.15, 0.2) is 0 Å². The minimum absolute atomic E-state index is 0.188. The van der Waals surface area contributed by atoms with Gasteiger partial charge in [-0.2, -0.15) is 0 Å². The van der Waals surface area contributed by atoms with Crippen molar-refractivity contribution in [3.8, 4) is 11.3 Å². The Kier molecular flexibility index (Phi) is 3.66. The third-order valence-electron chi connectivity index (χ3n) is 2.38. The van der Waals surface area contributed by atoms with Gasteiger partial charge in [-0.05, 0) is 12.0 Å². The summed E-state index contributed by atoms with van der Waals surface area (Å²) in [6, 6.07) is 8.10. The molecule has 0 bridgehead atoms. The molecular weight excluding hydrogens is 220 g/mol. The van der Waals surface area contributed by atoms with Crippen LogP contribution >= 0.6 is 11.3 Å². The highest BCUT2D eigenvalue weighted by molar-refractivity contribution is 7.09. The van der Waals surface area contributed by atoms with Crippen molar-refractivity contribution in [2.24, 2.45) is 5.73 Å². The number of aromatic nitrogens is 1. The number of nitrogens with zero attached hydrogens (tertiary/aromatic N) is 1. The Hall–Kier alpha value is -1.23. The van der Waals surface area contributed by atoms with Crippen LogP contribution in [0.4, 0.5) is 0 Å². The third kappa shape index (κ3) is 2.47. The molecule has 3 nitrogen and oxygen atoms in total. The third-order valence-corrected chi connectivity index (χ3v) is 3.25. The average molecular weight is 234 g/mol. The van der Waals surface area contributed by atoms with Gasteiger partial charge in [-0.25, -0.2) is 4.98 Å². The maximum atomic E-state index is 8.82. The van der Waals surface area contributed by atoms with E-state index in [4.69, 9.17) is 10.8 Å². The zero-order chi connectivity index (χ0) is 11.4. The lowest BCUT2D eigenvalue weighted by Gasteiger charge is -2.00. The van der Waals surface area contributed by atoms with Gasteiger partial charge in [0.05, 0.1) is 5.69 Å². The molecule has 0 aliphatic heterocycles. The summed E-state index contributed by atoms with van der Waals surface area (Å²) in [7, 11) is 0. The molecule has 0 unspecified atom stereocenters. The highest BCUT2D eigenvalue weighted by Gasteiger charge is 2.03. The van der Waals surface area contributed by atoms with Crippen molar-refractivity contribution in [2.75, 3.05) is 6.61 Å². The first-order valence-electron chi connectivity index (χ1n) is 5.18. The number of benzene rings is 1. The summed E-state index contributed by atoms with van der Waals surface area (Å²) >= 11 is 1.58.